The van der Waals surface area contributed by atoms with Crippen molar-refractivity contribution in [3.8, 4) is 0 Å². The number of halogens is 4. The molecule has 0 radical (unpaired) electrons. The first-order valence-electron chi connectivity index (χ1n) is 8.98. The molecule has 1 aliphatic rings. The summed E-state index contributed by atoms with van der Waals surface area (Å²) in [5.74, 6) is -0.579. The maximum absolute atomic E-state index is 12.6. The lowest BCUT2D eigenvalue weighted by atomic mass is 9.90. The Morgan fingerprint density at radius 3 is 2.53 bits per heavy atom. The van der Waals surface area contributed by atoms with Crippen molar-refractivity contribution in [1.82, 2.24) is 9.88 Å². The van der Waals surface area contributed by atoms with Crippen LogP contribution in [-0.2, 0) is 16.1 Å². The summed E-state index contributed by atoms with van der Waals surface area (Å²) in [6.07, 6.45) is 3.66. The molecule has 3 rings (SSSR count). The van der Waals surface area contributed by atoms with Crippen LogP contribution in [0.1, 0.15) is 19.4 Å². The summed E-state index contributed by atoms with van der Waals surface area (Å²) in [6, 6.07) is 6.91. The minimum Gasteiger partial charge on any atom is -0.346 e. The van der Waals surface area contributed by atoms with Gasteiger partial charge in [-0.15, -0.1) is 0 Å². The van der Waals surface area contributed by atoms with E-state index in [9.17, 15) is 22.8 Å². The van der Waals surface area contributed by atoms with Gasteiger partial charge in [-0.25, -0.2) is 0 Å². The number of rotatable bonds is 6. The molecule has 0 N–H and O–H groups in total. The third-order valence-corrected chi connectivity index (χ3v) is 6.58. The molecule has 0 aliphatic carbocycles. The molecule has 1 atom stereocenters. The molecule has 0 bridgehead atoms. The van der Waals surface area contributed by atoms with Gasteiger partial charge in [0.25, 0.3) is 0 Å². The van der Waals surface area contributed by atoms with E-state index in [1.165, 1.54) is 12.1 Å². The topological polar surface area (TPSA) is 53.5 Å². The van der Waals surface area contributed by atoms with Gasteiger partial charge < -0.3 is 4.90 Å². The zero-order valence-corrected chi connectivity index (χ0v) is 18.6. The lowest BCUT2D eigenvalue weighted by molar-refractivity contribution is -0.131. The van der Waals surface area contributed by atoms with Gasteiger partial charge in [0.15, 0.2) is 6.29 Å². The second-order valence-corrected chi connectivity index (χ2v) is 9.39. The summed E-state index contributed by atoms with van der Waals surface area (Å²) < 4.78 is 38.6. The van der Waals surface area contributed by atoms with Crippen LogP contribution in [0.5, 0.6) is 0 Å². The van der Waals surface area contributed by atoms with E-state index < -0.39 is 22.9 Å². The number of aldehydes is 1. The second kappa shape index (κ2) is 8.68. The Hall–Kier alpha value is -1.91. The maximum atomic E-state index is 12.6. The average Bonchev–Trinajstić information content (AvgIpc) is 2.93. The van der Waals surface area contributed by atoms with Crippen molar-refractivity contribution in [1.29, 1.82) is 0 Å². The highest BCUT2D eigenvalue weighted by Gasteiger charge is 2.50. The van der Waals surface area contributed by atoms with Crippen LogP contribution in [0.2, 0.25) is 0 Å². The van der Waals surface area contributed by atoms with Crippen LogP contribution in [0.15, 0.2) is 52.1 Å². The molecule has 10 heteroatoms. The number of nitrogens with zero attached hydrogens (tertiary/aromatic N) is 3. The van der Waals surface area contributed by atoms with Crippen LogP contribution >= 0.6 is 27.7 Å². The molecule has 5 nitrogen and oxygen atoms in total. The zero-order valence-electron chi connectivity index (χ0n) is 16.2. The van der Waals surface area contributed by atoms with E-state index in [1.807, 2.05) is 19.9 Å². The number of ketones is 1. The van der Waals surface area contributed by atoms with Gasteiger partial charge in [-0.3, -0.25) is 19.5 Å². The van der Waals surface area contributed by atoms with Gasteiger partial charge in [0.05, 0.1) is 6.67 Å². The second-order valence-electron chi connectivity index (χ2n) is 7.39. The van der Waals surface area contributed by atoms with E-state index >= 15 is 0 Å². The fraction of sp³-hybridized carbons (Fsp3) is 0.350. The predicted octanol–water partition coefficient (Wildman–Crippen LogP) is 4.65. The number of alkyl halides is 3. The fourth-order valence-corrected chi connectivity index (χ4v) is 4.55. The number of carbonyl (C=O) groups excluding carboxylic acids is 2. The largest absolute Gasteiger partial charge is 0.446 e. The highest BCUT2D eigenvalue weighted by Crippen LogP contribution is 2.40. The molecule has 2 heterocycles. The molecule has 1 saturated heterocycles. The summed E-state index contributed by atoms with van der Waals surface area (Å²) in [7, 11) is 0. The van der Waals surface area contributed by atoms with Crippen molar-refractivity contribution >= 4 is 45.4 Å². The number of pyridine rings is 1. The number of carbonyl (C=O) groups is 2. The molecule has 160 valence electrons. The van der Waals surface area contributed by atoms with Gasteiger partial charge in [-0.2, -0.15) is 13.2 Å². The van der Waals surface area contributed by atoms with Gasteiger partial charge in [0.2, 0.25) is 5.78 Å². The number of anilines is 1. The highest BCUT2D eigenvalue weighted by molar-refractivity contribution is 9.10. The van der Waals surface area contributed by atoms with Crippen molar-refractivity contribution in [2.75, 3.05) is 11.6 Å². The Labute approximate surface area is 184 Å². The first-order chi connectivity index (χ1) is 14.0. The van der Waals surface area contributed by atoms with E-state index in [0.717, 1.165) is 10.0 Å². The standard InChI is InChI=1S/C20H19BrF3N3O2S/c1-19(2)18(17(29)11-28)27(12-26(19)10-13-7-8-25-9-16(13)21)14-3-5-15(6-4-14)30-20(22,23)24/h3-9,11,18H,10,12H2,1-2H3. The van der Waals surface area contributed by atoms with Gasteiger partial charge in [0.1, 0.15) is 6.04 Å². The van der Waals surface area contributed by atoms with Gasteiger partial charge in [0, 0.05) is 39.5 Å². The molecule has 0 saturated carbocycles. The molecular formula is C20H19BrF3N3O2S. The van der Waals surface area contributed by atoms with Crippen molar-refractivity contribution in [2.45, 2.75) is 42.4 Å². The average molecular weight is 502 g/mol. The van der Waals surface area contributed by atoms with E-state index in [4.69, 9.17) is 0 Å². The van der Waals surface area contributed by atoms with Crippen LogP contribution in [0.3, 0.4) is 0 Å². The Bertz CT molecular complexity index is 938. The predicted molar refractivity (Wildman–Crippen MR) is 112 cm³/mol. The lowest BCUT2D eigenvalue weighted by Crippen LogP contribution is -2.51. The number of hydrogen-bond donors (Lipinski definition) is 0. The van der Waals surface area contributed by atoms with Crippen molar-refractivity contribution in [3.63, 3.8) is 0 Å². The molecule has 1 aromatic heterocycles. The lowest BCUT2D eigenvalue weighted by Gasteiger charge is -2.34. The molecule has 2 aromatic rings. The molecule has 30 heavy (non-hydrogen) atoms. The van der Waals surface area contributed by atoms with Crippen molar-refractivity contribution in [2.24, 2.45) is 0 Å². The number of aromatic nitrogens is 1. The summed E-state index contributed by atoms with van der Waals surface area (Å²) in [4.78, 5) is 31.8. The first kappa shape index (κ1) is 22.8. The van der Waals surface area contributed by atoms with Crippen LogP contribution in [0.25, 0.3) is 0 Å². The molecule has 1 fully saturated rings. The van der Waals surface area contributed by atoms with Crippen LogP contribution in [0, 0.1) is 0 Å². The number of thioether (sulfide) groups is 1. The third kappa shape index (κ3) is 4.87. The quantitative estimate of drug-likeness (QED) is 0.326. The smallest absolute Gasteiger partial charge is 0.346 e. The van der Waals surface area contributed by atoms with Crippen LogP contribution in [-0.4, -0.2) is 45.7 Å². The highest BCUT2D eigenvalue weighted by atomic mass is 79.9. The molecular weight excluding hydrogens is 483 g/mol. The van der Waals surface area contributed by atoms with Crippen molar-refractivity contribution < 1.29 is 22.8 Å². The molecule has 0 spiro atoms. The van der Waals surface area contributed by atoms with E-state index in [0.29, 0.717) is 25.2 Å². The van der Waals surface area contributed by atoms with Crippen molar-refractivity contribution in [3.05, 3.63) is 52.8 Å². The minimum atomic E-state index is -4.37. The Morgan fingerprint density at radius 1 is 1.30 bits per heavy atom. The summed E-state index contributed by atoms with van der Waals surface area (Å²) in [5, 5.41) is 0. The third-order valence-electron chi connectivity index (χ3n) is 5.12. The monoisotopic (exact) mass is 501 g/mol. The SMILES string of the molecule is CC1(C)C(C(=O)C=O)N(c2ccc(SC(F)(F)F)cc2)CN1Cc1ccncc1Br. The normalized spacial score (nSPS) is 19.1. The van der Waals surface area contributed by atoms with Gasteiger partial charge >= 0.3 is 5.51 Å². The number of benzene rings is 1. The zero-order chi connectivity index (χ0) is 22.1. The summed E-state index contributed by atoms with van der Waals surface area (Å²) in [5.41, 5.74) is -3.53. The summed E-state index contributed by atoms with van der Waals surface area (Å²) in [6.45, 7) is 4.58. The van der Waals surface area contributed by atoms with Crippen LogP contribution < -0.4 is 4.90 Å². The van der Waals surface area contributed by atoms with Gasteiger partial charge in [-0.05, 0) is 77.4 Å². The Kier molecular flexibility index (Phi) is 6.59. The molecule has 1 aliphatic heterocycles. The number of Topliss-reactive ketones (excluding diaryl/α,β-unsaturated/α-hetero) is 1. The van der Waals surface area contributed by atoms with E-state index in [-0.39, 0.29) is 16.7 Å². The molecule has 1 unspecified atom stereocenters. The van der Waals surface area contributed by atoms with E-state index in [2.05, 4.69) is 25.8 Å². The number of hydrogen-bond acceptors (Lipinski definition) is 6. The fourth-order valence-electron chi connectivity index (χ4n) is 3.63. The Morgan fingerprint density at radius 2 is 1.97 bits per heavy atom. The maximum Gasteiger partial charge on any atom is 0.446 e. The minimum absolute atomic E-state index is 0.0561. The summed E-state index contributed by atoms with van der Waals surface area (Å²) >= 11 is 3.27. The van der Waals surface area contributed by atoms with E-state index in [1.54, 1.807) is 29.4 Å². The Balaban J connectivity index is 1.91. The van der Waals surface area contributed by atoms with Crippen LogP contribution in [0.4, 0.5) is 18.9 Å². The molecule has 1 aromatic carbocycles. The molecule has 0 amide bonds. The first-order valence-corrected chi connectivity index (χ1v) is 10.6. The van der Waals surface area contributed by atoms with Gasteiger partial charge in [-0.1, -0.05) is 0 Å².